The number of aliphatic carboxylic acids is 1. The number of aromatic nitrogens is 6. The summed E-state index contributed by atoms with van der Waals surface area (Å²) in [5, 5.41) is 33.8. The van der Waals surface area contributed by atoms with Crippen LogP contribution in [-0.2, 0) is 14.4 Å². The Morgan fingerprint density at radius 3 is 2.14 bits per heavy atom. The van der Waals surface area contributed by atoms with E-state index in [4.69, 9.17) is 14.8 Å². The van der Waals surface area contributed by atoms with Crippen molar-refractivity contribution in [2.24, 2.45) is 5.92 Å². The molecular weight excluding hydrogens is 488 g/mol. The molecule has 0 amide bonds. The first kappa shape index (κ1) is 25.2. The zero-order chi connectivity index (χ0) is 26.4. The van der Waals surface area contributed by atoms with E-state index in [2.05, 4.69) is 20.6 Å². The van der Waals surface area contributed by atoms with E-state index in [9.17, 15) is 24.3 Å². The molecule has 0 radical (unpaired) electrons. The van der Waals surface area contributed by atoms with Crippen LogP contribution in [0.5, 0.6) is 0 Å². The first-order valence-electron chi connectivity index (χ1n) is 11.4. The highest BCUT2D eigenvalue weighted by Gasteiger charge is 2.20. The zero-order valence-electron chi connectivity index (χ0n) is 19.4. The summed E-state index contributed by atoms with van der Waals surface area (Å²) in [6.45, 7) is 0. The van der Waals surface area contributed by atoms with Gasteiger partial charge in [0.05, 0.1) is 11.5 Å². The van der Waals surface area contributed by atoms with Gasteiger partial charge in [0.1, 0.15) is 22.1 Å². The van der Waals surface area contributed by atoms with E-state index in [1.807, 2.05) is 0 Å². The van der Waals surface area contributed by atoms with Crippen LogP contribution in [0.4, 0.5) is 0 Å². The molecule has 2 N–H and O–H groups in total. The summed E-state index contributed by atoms with van der Waals surface area (Å²) in [6.07, 6.45) is 0.887. The summed E-state index contributed by atoms with van der Waals surface area (Å²) in [5.41, 5.74) is 1.64. The fraction of sp³-hybridized carbons (Fsp3) is 0.304. The molecule has 1 atom stereocenters. The Morgan fingerprint density at radius 2 is 1.43 bits per heavy atom. The monoisotopic (exact) mass is 510 g/mol. The van der Waals surface area contributed by atoms with Crippen LogP contribution in [-0.4, -0.2) is 64.4 Å². The van der Waals surface area contributed by atoms with E-state index < -0.39 is 29.8 Å². The molecule has 2 heterocycles. The molecule has 37 heavy (non-hydrogen) atoms. The number of carbonyl (C=O) groups excluding carboxylic acids is 2. The topological polar surface area (TPSA) is 189 Å². The van der Waals surface area contributed by atoms with Gasteiger partial charge >= 0.3 is 23.9 Å². The smallest absolute Gasteiger partial charge is 0.335 e. The minimum Gasteiger partial charge on any atom is -0.481 e. The van der Waals surface area contributed by atoms with Gasteiger partial charge in [-0.25, -0.2) is 14.4 Å². The van der Waals surface area contributed by atoms with Gasteiger partial charge in [-0.2, -0.15) is 0 Å². The van der Waals surface area contributed by atoms with Gasteiger partial charge < -0.3 is 19.9 Å². The predicted octanol–water partition coefficient (Wildman–Crippen LogP) is 1.53. The van der Waals surface area contributed by atoms with Gasteiger partial charge in [-0.05, 0) is 60.0 Å². The maximum Gasteiger partial charge on any atom is 0.335 e. The van der Waals surface area contributed by atoms with Crippen LogP contribution in [0.3, 0.4) is 0 Å². The minimum atomic E-state index is -1.14. The lowest BCUT2D eigenvalue weighted by Crippen LogP contribution is -2.23. The number of rotatable bonds is 12. The van der Waals surface area contributed by atoms with Crippen molar-refractivity contribution in [1.82, 2.24) is 30.3 Å². The maximum atomic E-state index is 12.2. The third-order valence-electron chi connectivity index (χ3n) is 5.59. The SMILES string of the molecule is O=C(CCCCC(CCC(=O)On1nnc2ccccc21)C(=O)O)On1nnc2ccc(C(=O)O)cc21. The van der Waals surface area contributed by atoms with E-state index >= 15 is 0 Å². The molecule has 0 aliphatic carbocycles. The average Bonchev–Trinajstić information content (AvgIpc) is 3.47. The highest BCUT2D eigenvalue weighted by molar-refractivity contribution is 5.92. The summed E-state index contributed by atoms with van der Waals surface area (Å²) in [7, 11) is 0. The molecule has 4 rings (SSSR count). The lowest BCUT2D eigenvalue weighted by molar-refractivity contribution is -0.147. The molecule has 2 aromatic heterocycles. The Balaban J connectivity index is 1.21. The van der Waals surface area contributed by atoms with E-state index in [1.165, 1.54) is 18.2 Å². The summed E-state index contributed by atoms with van der Waals surface area (Å²) < 4.78 is 0. The van der Waals surface area contributed by atoms with Crippen LogP contribution in [0.1, 0.15) is 48.9 Å². The summed E-state index contributed by atoms with van der Waals surface area (Å²) in [6, 6.07) is 11.0. The Labute approximate surface area is 208 Å². The van der Waals surface area contributed by atoms with Crippen molar-refractivity contribution in [2.75, 3.05) is 0 Å². The molecule has 0 saturated carbocycles. The third kappa shape index (κ3) is 6.22. The summed E-state index contributed by atoms with van der Waals surface area (Å²) in [4.78, 5) is 59.3. The number of fused-ring (bicyclic) bond motifs is 2. The van der Waals surface area contributed by atoms with Gasteiger partial charge in [0.2, 0.25) is 0 Å². The second kappa shape index (κ2) is 11.2. The standard InChI is InChI=1S/C23H22N6O8/c30-20(36-29-19-13-15(23(34)35)9-11-17(19)25-27-29)8-4-1-5-14(22(32)33)10-12-21(31)37-28-18-7-3-2-6-16(18)24-26-28/h2-3,6-7,9,11,13-14H,1,4-5,8,10,12H2,(H,32,33)(H,34,35). The van der Waals surface area contributed by atoms with E-state index in [0.717, 1.165) is 9.69 Å². The predicted molar refractivity (Wildman–Crippen MR) is 124 cm³/mol. The van der Waals surface area contributed by atoms with Gasteiger partial charge in [-0.1, -0.05) is 28.2 Å². The number of carboxylic acid groups (broad SMARTS) is 2. The number of benzene rings is 2. The minimum absolute atomic E-state index is 0.00895. The van der Waals surface area contributed by atoms with Crippen LogP contribution in [0.2, 0.25) is 0 Å². The summed E-state index contributed by atoms with van der Waals surface area (Å²) in [5.74, 6) is -4.27. The number of para-hydroxylation sites is 1. The van der Waals surface area contributed by atoms with Crippen molar-refractivity contribution >= 4 is 45.9 Å². The molecular formula is C23H22N6O8. The number of hydrogen-bond donors (Lipinski definition) is 2. The Bertz CT molecular complexity index is 1460. The quantitative estimate of drug-likeness (QED) is 0.207. The van der Waals surface area contributed by atoms with E-state index in [-0.39, 0.29) is 36.8 Å². The third-order valence-corrected chi connectivity index (χ3v) is 5.59. The first-order chi connectivity index (χ1) is 17.8. The molecule has 0 spiro atoms. The van der Waals surface area contributed by atoms with Crippen molar-refractivity contribution in [3.8, 4) is 0 Å². The number of hydrogen-bond acceptors (Lipinski definition) is 10. The van der Waals surface area contributed by atoms with Crippen molar-refractivity contribution in [3.05, 3.63) is 48.0 Å². The van der Waals surface area contributed by atoms with E-state index in [0.29, 0.717) is 29.4 Å². The van der Waals surface area contributed by atoms with Crippen LogP contribution in [0.25, 0.3) is 22.1 Å². The fourth-order valence-electron chi connectivity index (χ4n) is 3.64. The van der Waals surface area contributed by atoms with Gasteiger partial charge in [-0.15, -0.1) is 10.2 Å². The largest absolute Gasteiger partial charge is 0.481 e. The Morgan fingerprint density at radius 1 is 0.784 bits per heavy atom. The van der Waals surface area contributed by atoms with Crippen LogP contribution >= 0.6 is 0 Å². The number of carbonyl (C=O) groups is 4. The van der Waals surface area contributed by atoms with Crippen LogP contribution < -0.4 is 9.68 Å². The molecule has 0 fully saturated rings. The average molecular weight is 510 g/mol. The van der Waals surface area contributed by atoms with Crippen molar-refractivity contribution in [1.29, 1.82) is 0 Å². The molecule has 0 aliphatic heterocycles. The Hall–Kier alpha value is -4.88. The first-order valence-corrected chi connectivity index (χ1v) is 11.4. The molecule has 0 aliphatic rings. The second-order valence-corrected chi connectivity index (χ2v) is 8.17. The van der Waals surface area contributed by atoms with Gasteiger partial charge in [0.25, 0.3) is 0 Å². The highest BCUT2D eigenvalue weighted by Crippen LogP contribution is 2.18. The molecule has 14 nitrogen and oxygen atoms in total. The maximum absolute atomic E-state index is 12.2. The van der Waals surface area contributed by atoms with Crippen LogP contribution in [0, 0.1) is 5.92 Å². The van der Waals surface area contributed by atoms with Crippen molar-refractivity contribution < 1.29 is 39.1 Å². The molecule has 0 saturated heterocycles. The van der Waals surface area contributed by atoms with Gasteiger partial charge in [-0.3, -0.25) is 4.79 Å². The van der Waals surface area contributed by atoms with E-state index in [1.54, 1.807) is 24.3 Å². The molecule has 0 bridgehead atoms. The number of nitrogens with zero attached hydrogens (tertiary/aromatic N) is 6. The lowest BCUT2D eigenvalue weighted by Gasteiger charge is -2.11. The number of unbranched alkanes of at least 4 members (excludes halogenated alkanes) is 1. The van der Waals surface area contributed by atoms with Crippen molar-refractivity contribution in [2.45, 2.75) is 38.5 Å². The van der Waals surface area contributed by atoms with Gasteiger partial charge in [0.15, 0.2) is 0 Å². The number of aromatic carboxylic acids is 1. The van der Waals surface area contributed by atoms with Gasteiger partial charge in [0, 0.05) is 12.8 Å². The summed E-state index contributed by atoms with van der Waals surface area (Å²) >= 11 is 0. The normalized spacial score (nSPS) is 11.9. The molecule has 192 valence electrons. The fourth-order valence-corrected chi connectivity index (χ4v) is 3.64. The molecule has 4 aromatic rings. The number of carboxylic acids is 2. The molecule has 1 unspecified atom stereocenters. The van der Waals surface area contributed by atoms with Crippen molar-refractivity contribution in [3.63, 3.8) is 0 Å². The second-order valence-electron chi connectivity index (χ2n) is 8.17. The zero-order valence-corrected chi connectivity index (χ0v) is 19.4. The lowest BCUT2D eigenvalue weighted by atomic mass is 9.96. The molecule has 14 heteroatoms. The Kier molecular flexibility index (Phi) is 7.66. The highest BCUT2D eigenvalue weighted by atomic mass is 16.7. The van der Waals surface area contributed by atoms with Crippen LogP contribution in [0.15, 0.2) is 42.5 Å². The molecule has 2 aromatic carbocycles.